The Kier molecular flexibility index (Phi) is 7.87. The molecule has 0 bridgehead atoms. The second kappa shape index (κ2) is 10.1. The number of ether oxygens (including phenoxy) is 3. The van der Waals surface area contributed by atoms with Crippen LogP contribution in [0.3, 0.4) is 0 Å². The van der Waals surface area contributed by atoms with Crippen molar-refractivity contribution < 1.29 is 23.8 Å². The number of aryl methyl sites for hydroxylation is 1. The summed E-state index contributed by atoms with van der Waals surface area (Å²) in [4.78, 5) is 24.3. The van der Waals surface area contributed by atoms with Crippen molar-refractivity contribution in [3.63, 3.8) is 0 Å². The molecule has 0 radical (unpaired) electrons. The second-order valence-electron chi connectivity index (χ2n) is 6.68. The summed E-state index contributed by atoms with van der Waals surface area (Å²) < 4.78 is 16.8. The molecule has 0 fully saturated rings. The van der Waals surface area contributed by atoms with Gasteiger partial charge in [0.25, 0.3) is 5.91 Å². The van der Waals surface area contributed by atoms with Gasteiger partial charge in [-0.05, 0) is 64.7 Å². The molecule has 2 rings (SSSR count). The zero-order valence-corrected chi connectivity index (χ0v) is 18.0. The van der Waals surface area contributed by atoms with Crippen LogP contribution in [0.25, 0.3) is 0 Å². The van der Waals surface area contributed by atoms with Crippen LogP contribution in [0.5, 0.6) is 11.5 Å². The monoisotopic (exact) mass is 449 g/mol. The van der Waals surface area contributed by atoms with Crippen LogP contribution in [-0.4, -0.2) is 32.2 Å². The van der Waals surface area contributed by atoms with Gasteiger partial charge in [0.1, 0.15) is 0 Å². The van der Waals surface area contributed by atoms with E-state index in [-0.39, 0.29) is 5.56 Å². The normalized spacial score (nSPS) is 10.5. The predicted octanol–water partition coefficient (Wildman–Crippen LogP) is 4.60. The molecule has 0 unspecified atom stereocenters. The lowest BCUT2D eigenvalue weighted by Crippen LogP contribution is -2.21. The second-order valence-corrected chi connectivity index (χ2v) is 7.53. The van der Waals surface area contributed by atoms with Gasteiger partial charge in [0.15, 0.2) is 18.1 Å². The highest BCUT2D eigenvalue weighted by Gasteiger charge is 2.15. The van der Waals surface area contributed by atoms with Gasteiger partial charge in [0.05, 0.1) is 25.0 Å². The van der Waals surface area contributed by atoms with Crippen molar-refractivity contribution >= 4 is 33.5 Å². The van der Waals surface area contributed by atoms with Gasteiger partial charge in [0.2, 0.25) is 0 Å². The third kappa shape index (κ3) is 6.27. The van der Waals surface area contributed by atoms with Gasteiger partial charge in [-0.25, -0.2) is 4.79 Å². The molecule has 0 atom stereocenters. The Balaban J connectivity index is 1.95. The lowest BCUT2D eigenvalue weighted by atomic mass is 10.2. The summed E-state index contributed by atoms with van der Waals surface area (Å²) in [6.45, 7) is 6.17. The average molecular weight is 450 g/mol. The number of amides is 1. The summed E-state index contributed by atoms with van der Waals surface area (Å²) in [5.74, 6) is 0.299. The number of methoxy groups -OCH3 is 1. The van der Waals surface area contributed by atoms with Gasteiger partial charge in [-0.2, -0.15) is 0 Å². The number of carbonyl (C=O) groups is 2. The zero-order chi connectivity index (χ0) is 20.7. The number of carbonyl (C=O) groups excluding carboxylic acids is 2. The van der Waals surface area contributed by atoms with Crippen molar-refractivity contribution in [2.75, 3.05) is 25.6 Å². The number of halogens is 1. The van der Waals surface area contributed by atoms with E-state index >= 15 is 0 Å². The molecule has 0 aliphatic heterocycles. The highest BCUT2D eigenvalue weighted by Crippen LogP contribution is 2.29. The Morgan fingerprint density at radius 1 is 1.11 bits per heavy atom. The minimum absolute atomic E-state index is 0.276. The van der Waals surface area contributed by atoms with Crippen LogP contribution in [0.4, 0.5) is 5.69 Å². The maximum atomic E-state index is 12.3. The van der Waals surface area contributed by atoms with Crippen LogP contribution in [0.1, 0.15) is 29.8 Å². The fourth-order valence-corrected chi connectivity index (χ4v) is 2.88. The molecular weight excluding hydrogens is 426 g/mol. The smallest absolute Gasteiger partial charge is 0.338 e. The molecule has 1 amide bonds. The van der Waals surface area contributed by atoms with E-state index in [4.69, 9.17) is 14.2 Å². The Hall–Kier alpha value is -2.54. The number of hydrogen-bond acceptors (Lipinski definition) is 5. The first-order chi connectivity index (χ1) is 13.3. The summed E-state index contributed by atoms with van der Waals surface area (Å²) in [7, 11) is 1.50. The lowest BCUT2D eigenvalue weighted by Gasteiger charge is -2.13. The summed E-state index contributed by atoms with van der Waals surface area (Å²) in [5.41, 5.74) is 1.95. The van der Waals surface area contributed by atoms with Crippen LogP contribution in [0, 0.1) is 12.8 Å². The number of nitrogens with one attached hydrogen (secondary N) is 1. The topological polar surface area (TPSA) is 73.9 Å². The highest BCUT2D eigenvalue weighted by atomic mass is 79.9. The molecule has 0 saturated heterocycles. The molecule has 2 aromatic carbocycles. The van der Waals surface area contributed by atoms with Crippen molar-refractivity contribution in [3.05, 3.63) is 52.0 Å². The standard InChI is InChI=1S/C21H24BrNO5/c1-13(2)11-27-18-8-6-15(10-19(18)26-4)21(25)28-12-20(24)23-17-7-5-14(3)9-16(17)22/h5-10,13H,11-12H2,1-4H3,(H,23,24). The van der Waals surface area contributed by atoms with E-state index < -0.39 is 18.5 Å². The van der Waals surface area contributed by atoms with Crippen molar-refractivity contribution in [2.24, 2.45) is 5.92 Å². The van der Waals surface area contributed by atoms with E-state index in [1.807, 2.05) is 32.9 Å². The number of rotatable bonds is 8. The quantitative estimate of drug-likeness (QED) is 0.596. The van der Waals surface area contributed by atoms with Crippen molar-refractivity contribution in [1.82, 2.24) is 0 Å². The SMILES string of the molecule is COc1cc(C(=O)OCC(=O)Nc2ccc(C)cc2Br)ccc1OCC(C)C. The number of hydrogen-bond donors (Lipinski definition) is 1. The Morgan fingerprint density at radius 3 is 2.50 bits per heavy atom. The first kappa shape index (κ1) is 21.8. The first-order valence-corrected chi connectivity index (χ1v) is 9.63. The van der Waals surface area contributed by atoms with E-state index in [0.29, 0.717) is 29.7 Å². The van der Waals surface area contributed by atoms with E-state index in [0.717, 1.165) is 10.0 Å². The first-order valence-electron chi connectivity index (χ1n) is 8.84. The molecule has 0 heterocycles. The molecule has 0 saturated carbocycles. The third-order valence-electron chi connectivity index (χ3n) is 3.70. The molecule has 0 spiro atoms. The summed E-state index contributed by atoms with van der Waals surface area (Å²) in [6, 6.07) is 10.3. The van der Waals surface area contributed by atoms with Crippen LogP contribution in [-0.2, 0) is 9.53 Å². The average Bonchev–Trinajstić information content (AvgIpc) is 2.66. The third-order valence-corrected chi connectivity index (χ3v) is 4.36. The molecule has 6 nitrogen and oxygen atoms in total. The van der Waals surface area contributed by atoms with Gasteiger partial charge in [-0.3, -0.25) is 4.79 Å². The summed E-state index contributed by atoms with van der Waals surface area (Å²) >= 11 is 3.39. The molecule has 0 aromatic heterocycles. The fourth-order valence-electron chi connectivity index (χ4n) is 2.29. The van der Waals surface area contributed by atoms with Gasteiger partial charge in [-0.15, -0.1) is 0 Å². The molecule has 28 heavy (non-hydrogen) atoms. The van der Waals surface area contributed by atoms with Gasteiger partial charge >= 0.3 is 5.97 Å². The predicted molar refractivity (Wildman–Crippen MR) is 111 cm³/mol. The van der Waals surface area contributed by atoms with Crippen LogP contribution >= 0.6 is 15.9 Å². The van der Waals surface area contributed by atoms with E-state index in [1.54, 1.807) is 18.2 Å². The summed E-state index contributed by atoms with van der Waals surface area (Å²) in [6.07, 6.45) is 0. The van der Waals surface area contributed by atoms with Crippen molar-refractivity contribution in [2.45, 2.75) is 20.8 Å². The zero-order valence-electron chi connectivity index (χ0n) is 16.4. The van der Waals surface area contributed by atoms with Gasteiger partial charge in [0, 0.05) is 4.47 Å². The summed E-state index contributed by atoms with van der Waals surface area (Å²) in [5, 5.41) is 2.70. The largest absolute Gasteiger partial charge is 0.493 e. The Bertz CT molecular complexity index is 851. The van der Waals surface area contributed by atoms with Gasteiger partial charge in [-0.1, -0.05) is 19.9 Å². The molecule has 0 aliphatic rings. The maximum absolute atomic E-state index is 12.3. The molecule has 0 aliphatic carbocycles. The number of esters is 1. The molecule has 2 aromatic rings. The van der Waals surface area contributed by atoms with E-state index in [9.17, 15) is 9.59 Å². The molecule has 1 N–H and O–H groups in total. The van der Waals surface area contributed by atoms with E-state index in [1.165, 1.54) is 13.2 Å². The van der Waals surface area contributed by atoms with Crippen LogP contribution in [0.15, 0.2) is 40.9 Å². The molecule has 150 valence electrons. The minimum atomic E-state index is -0.619. The number of benzene rings is 2. The van der Waals surface area contributed by atoms with Crippen LogP contribution in [0.2, 0.25) is 0 Å². The Morgan fingerprint density at radius 2 is 1.86 bits per heavy atom. The highest BCUT2D eigenvalue weighted by molar-refractivity contribution is 9.10. The number of anilines is 1. The Labute approximate surface area is 173 Å². The van der Waals surface area contributed by atoms with Crippen molar-refractivity contribution in [1.29, 1.82) is 0 Å². The molecule has 7 heteroatoms. The molecular formula is C21H24BrNO5. The fraction of sp³-hybridized carbons (Fsp3) is 0.333. The van der Waals surface area contributed by atoms with Crippen LogP contribution < -0.4 is 14.8 Å². The van der Waals surface area contributed by atoms with Crippen molar-refractivity contribution in [3.8, 4) is 11.5 Å². The maximum Gasteiger partial charge on any atom is 0.338 e. The minimum Gasteiger partial charge on any atom is -0.493 e. The lowest BCUT2D eigenvalue weighted by molar-refractivity contribution is -0.119. The van der Waals surface area contributed by atoms with E-state index in [2.05, 4.69) is 21.2 Å². The van der Waals surface area contributed by atoms with Gasteiger partial charge < -0.3 is 19.5 Å².